The van der Waals surface area contributed by atoms with Crippen molar-refractivity contribution in [2.45, 2.75) is 315 Å². The van der Waals surface area contributed by atoms with Crippen LogP contribution in [0.5, 0.6) is 0 Å². The average molecular weight is 889 g/mol. The fourth-order valence-corrected chi connectivity index (χ4v) is 8.67. The van der Waals surface area contributed by atoms with Gasteiger partial charge >= 0.3 is 5.97 Å². The summed E-state index contributed by atoms with van der Waals surface area (Å²) in [6.45, 7) is 4.90. The Balaban J connectivity index is 3.47. The Bertz CT molecular complexity index is 982. The molecule has 0 saturated carbocycles. The van der Waals surface area contributed by atoms with Crippen molar-refractivity contribution >= 4 is 11.9 Å². The number of allylic oxidation sites excluding steroid dienone is 4. The number of hydrogen-bond acceptors (Lipinski definition) is 5. The molecule has 3 N–H and O–H groups in total. The maximum absolute atomic E-state index is 12.5. The number of rotatable bonds is 52. The van der Waals surface area contributed by atoms with E-state index in [1.54, 1.807) is 0 Å². The highest BCUT2D eigenvalue weighted by Gasteiger charge is 2.20. The number of ether oxygens (including phenoxy) is 1. The number of unbranched alkanes of at least 4 members (excludes halogenated alkanes) is 37. The Morgan fingerprint density at radius 3 is 1.24 bits per heavy atom. The van der Waals surface area contributed by atoms with Crippen LogP contribution in [0, 0.1) is 0 Å². The van der Waals surface area contributed by atoms with E-state index in [-0.39, 0.29) is 18.5 Å². The lowest BCUT2D eigenvalue weighted by atomic mass is 10.0. The summed E-state index contributed by atoms with van der Waals surface area (Å²) in [5.41, 5.74) is 0. The van der Waals surface area contributed by atoms with E-state index in [2.05, 4.69) is 43.5 Å². The first-order valence-electron chi connectivity index (χ1n) is 28.1. The summed E-state index contributed by atoms with van der Waals surface area (Å²) in [7, 11) is 0. The van der Waals surface area contributed by atoms with Crippen LogP contribution in [0.4, 0.5) is 0 Å². The standard InChI is InChI=1S/C57H109NO5/c1-3-5-7-9-11-13-15-17-19-21-23-24-26-29-33-37-41-45-49-55(60)54(53-59)58-56(61)50-46-42-38-34-30-28-32-36-40-44-48-52-63-57(62)51-47-43-39-35-31-27-25-22-20-18-16-14-12-10-8-6-4-2/h12,14,18,20,54-55,59-60H,3-11,13,15-17,19,21-53H2,1-2H3,(H,58,61)/b14-12-,20-18-. The molecule has 0 aliphatic carbocycles. The second-order valence-electron chi connectivity index (χ2n) is 19.3. The smallest absolute Gasteiger partial charge is 0.305 e. The number of esters is 1. The van der Waals surface area contributed by atoms with Crippen molar-refractivity contribution in [3.8, 4) is 0 Å². The van der Waals surface area contributed by atoms with Crippen LogP contribution >= 0.6 is 0 Å². The average Bonchev–Trinajstić information content (AvgIpc) is 3.28. The third-order valence-electron chi connectivity index (χ3n) is 13.0. The summed E-state index contributed by atoms with van der Waals surface area (Å²) < 4.78 is 5.47. The number of nitrogens with one attached hydrogen (secondary N) is 1. The van der Waals surface area contributed by atoms with E-state index in [0.717, 1.165) is 64.2 Å². The van der Waals surface area contributed by atoms with E-state index in [0.29, 0.717) is 25.9 Å². The third kappa shape index (κ3) is 49.6. The molecule has 63 heavy (non-hydrogen) atoms. The maximum atomic E-state index is 12.5. The summed E-state index contributed by atoms with van der Waals surface area (Å²) >= 11 is 0. The van der Waals surface area contributed by atoms with E-state index in [1.165, 1.54) is 205 Å². The number of hydrogen-bond donors (Lipinski definition) is 3. The van der Waals surface area contributed by atoms with Crippen LogP contribution in [0.1, 0.15) is 303 Å². The van der Waals surface area contributed by atoms with Crippen LogP contribution in [0.3, 0.4) is 0 Å². The Kier molecular flexibility index (Phi) is 51.6. The summed E-state index contributed by atoms with van der Waals surface area (Å²) in [5, 5.41) is 23.3. The van der Waals surface area contributed by atoms with Gasteiger partial charge in [-0.25, -0.2) is 0 Å². The first kappa shape index (κ1) is 61.3. The molecule has 0 aliphatic heterocycles. The van der Waals surface area contributed by atoms with Crippen LogP contribution in [0.25, 0.3) is 0 Å². The van der Waals surface area contributed by atoms with Crippen molar-refractivity contribution in [2.24, 2.45) is 0 Å². The normalized spacial score (nSPS) is 12.8. The molecule has 2 atom stereocenters. The van der Waals surface area contributed by atoms with Gasteiger partial charge in [-0.15, -0.1) is 0 Å². The monoisotopic (exact) mass is 888 g/mol. The predicted octanol–water partition coefficient (Wildman–Crippen LogP) is 17.1. The van der Waals surface area contributed by atoms with Gasteiger partial charge in [0.25, 0.3) is 0 Å². The van der Waals surface area contributed by atoms with Gasteiger partial charge in [0.15, 0.2) is 0 Å². The van der Waals surface area contributed by atoms with E-state index in [4.69, 9.17) is 4.74 Å². The molecular formula is C57H109NO5. The lowest BCUT2D eigenvalue weighted by molar-refractivity contribution is -0.143. The second kappa shape index (κ2) is 53.0. The minimum Gasteiger partial charge on any atom is -0.466 e. The Labute approximate surface area is 392 Å². The highest BCUT2D eigenvalue weighted by Crippen LogP contribution is 2.17. The van der Waals surface area contributed by atoms with Gasteiger partial charge in [-0.2, -0.15) is 0 Å². The lowest BCUT2D eigenvalue weighted by Gasteiger charge is -2.22. The molecule has 1 amide bonds. The summed E-state index contributed by atoms with van der Waals surface area (Å²) in [5.74, 6) is -0.0731. The molecule has 0 aromatic carbocycles. The Hall–Kier alpha value is -1.66. The summed E-state index contributed by atoms with van der Waals surface area (Å²) in [4.78, 5) is 24.5. The molecule has 0 bridgehead atoms. The molecule has 2 unspecified atom stereocenters. The SMILES string of the molecule is CCCCC/C=C\C/C=C\CCCCCCCCCC(=O)OCCCCCCCCCCCCCC(=O)NC(CO)C(O)CCCCCCCCCCCCCCCCCCCC. The fourth-order valence-electron chi connectivity index (χ4n) is 8.67. The molecule has 0 radical (unpaired) electrons. The first-order chi connectivity index (χ1) is 31.0. The number of aliphatic hydroxyl groups is 2. The first-order valence-corrected chi connectivity index (χ1v) is 28.1. The number of carbonyl (C=O) groups excluding carboxylic acids is 2. The summed E-state index contributed by atoms with van der Waals surface area (Å²) in [6.07, 6.45) is 62.9. The number of aliphatic hydroxyl groups excluding tert-OH is 2. The largest absolute Gasteiger partial charge is 0.466 e. The predicted molar refractivity (Wildman–Crippen MR) is 273 cm³/mol. The van der Waals surface area contributed by atoms with Crippen molar-refractivity contribution in [1.29, 1.82) is 0 Å². The van der Waals surface area contributed by atoms with Crippen molar-refractivity contribution in [1.82, 2.24) is 5.32 Å². The van der Waals surface area contributed by atoms with Gasteiger partial charge in [0, 0.05) is 12.8 Å². The van der Waals surface area contributed by atoms with Gasteiger partial charge in [0.05, 0.1) is 25.4 Å². The van der Waals surface area contributed by atoms with E-state index in [9.17, 15) is 19.8 Å². The van der Waals surface area contributed by atoms with Crippen molar-refractivity contribution in [3.05, 3.63) is 24.3 Å². The fraction of sp³-hybridized carbons (Fsp3) is 0.895. The van der Waals surface area contributed by atoms with Crippen molar-refractivity contribution in [3.63, 3.8) is 0 Å². The lowest BCUT2D eigenvalue weighted by Crippen LogP contribution is -2.45. The highest BCUT2D eigenvalue weighted by molar-refractivity contribution is 5.76. The minimum atomic E-state index is -0.677. The molecule has 0 saturated heterocycles. The quantitative estimate of drug-likeness (QED) is 0.0321. The van der Waals surface area contributed by atoms with Crippen LogP contribution in [-0.2, 0) is 14.3 Å². The zero-order valence-corrected chi connectivity index (χ0v) is 42.3. The number of amides is 1. The van der Waals surface area contributed by atoms with Crippen molar-refractivity contribution < 1.29 is 24.5 Å². The number of carbonyl (C=O) groups is 2. The zero-order valence-electron chi connectivity index (χ0n) is 42.3. The molecule has 0 aromatic heterocycles. The highest BCUT2D eigenvalue weighted by atomic mass is 16.5. The van der Waals surface area contributed by atoms with Crippen LogP contribution in [0.15, 0.2) is 24.3 Å². The molecular weight excluding hydrogens is 779 g/mol. The van der Waals surface area contributed by atoms with Gasteiger partial charge in [0.1, 0.15) is 0 Å². The minimum absolute atomic E-state index is 0.0208. The molecule has 372 valence electrons. The van der Waals surface area contributed by atoms with Gasteiger partial charge in [-0.1, -0.05) is 256 Å². The van der Waals surface area contributed by atoms with Crippen LogP contribution in [0.2, 0.25) is 0 Å². The molecule has 0 aliphatic rings. The van der Waals surface area contributed by atoms with Crippen LogP contribution in [-0.4, -0.2) is 47.4 Å². The zero-order chi connectivity index (χ0) is 45.8. The molecule has 0 aromatic rings. The van der Waals surface area contributed by atoms with E-state index < -0.39 is 12.1 Å². The summed E-state index contributed by atoms with van der Waals surface area (Å²) in [6, 6.07) is -0.556. The maximum Gasteiger partial charge on any atom is 0.305 e. The van der Waals surface area contributed by atoms with Gasteiger partial charge in [-0.05, 0) is 57.8 Å². The van der Waals surface area contributed by atoms with E-state index in [1.807, 2.05) is 0 Å². The molecule has 0 fully saturated rings. The molecule has 0 heterocycles. The molecule has 6 nitrogen and oxygen atoms in total. The molecule has 6 heteroatoms. The third-order valence-corrected chi connectivity index (χ3v) is 13.0. The van der Waals surface area contributed by atoms with Crippen LogP contribution < -0.4 is 5.32 Å². The van der Waals surface area contributed by atoms with E-state index >= 15 is 0 Å². The molecule has 0 spiro atoms. The van der Waals surface area contributed by atoms with Gasteiger partial charge < -0.3 is 20.3 Å². The Morgan fingerprint density at radius 1 is 0.444 bits per heavy atom. The van der Waals surface area contributed by atoms with Gasteiger partial charge in [-0.3, -0.25) is 9.59 Å². The van der Waals surface area contributed by atoms with Gasteiger partial charge in [0.2, 0.25) is 5.91 Å². The topological polar surface area (TPSA) is 95.9 Å². The molecule has 0 rings (SSSR count). The second-order valence-corrected chi connectivity index (χ2v) is 19.3. The Morgan fingerprint density at radius 2 is 0.794 bits per heavy atom. The van der Waals surface area contributed by atoms with Crippen molar-refractivity contribution in [2.75, 3.05) is 13.2 Å².